The number of benzene rings is 1. The van der Waals surface area contributed by atoms with Crippen molar-refractivity contribution in [2.45, 2.75) is 26.1 Å². The molecule has 0 aliphatic heterocycles. The van der Waals surface area contributed by atoms with Gasteiger partial charge in [-0.3, -0.25) is 0 Å². The summed E-state index contributed by atoms with van der Waals surface area (Å²) in [5.41, 5.74) is 1.17. The van der Waals surface area contributed by atoms with Crippen molar-refractivity contribution in [3.8, 4) is 5.75 Å². The molecule has 2 unspecified atom stereocenters. The standard InChI is InChI=1S/C13H20ClNO3/c1-3-15(4-2)9-5-6-10(11(16)7-9)13(18)12(17)8-14/h5-7,12-13,16-18H,3-4,8H2,1-2H3. The molecule has 0 spiro atoms. The molecule has 0 amide bonds. The molecule has 2 atom stereocenters. The lowest BCUT2D eigenvalue weighted by atomic mass is 10.0. The van der Waals surface area contributed by atoms with Gasteiger partial charge in [-0.15, -0.1) is 11.6 Å². The zero-order valence-corrected chi connectivity index (χ0v) is 11.4. The molecular weight excluding hydrogens is 254 g/mol. The van der Waals surface area contributed by atoms with E-state index in [0.717, 1.165) is 18.8 Å². The highest BCUT2D eigenvalue weighted by molar-refractivity contribution is 6.18. The van der Waals surface area contributed by atoms with Crippen LogP contribution in [0.3, 0.4) is 0 Å². The van der Waals surface area contributed by atoms with Crippen molar-refractivity contribution in [1.29, 1.82) is 0 Å². The molecule has 0 aliphatic carbocycles. The first kappa shape index (κ1) is 15.1. The Morgan fingerprint density at radius 2 is 1.83 bits per heavy atom. The first-order chi connectivity index (χ1) is 8.54. The summed E-state index contributed by atoms with van der Waals surface area (Å²) < 4.78 is 0. The number of rotatable bonds is 6. The first-order valence-electron chi connectivity index (χ1n) is 6.05. The van der Waals surface area contributed by atoms with Crippen LogP contribution in [0.4, 0.5) is 5.69 Å². The molecule has 0 aromatic heterocycles. The number of anilines is 1. The van der Waals surface area contributed by atoms with Crippen molar-refractivity contribution >= 4 is 17.3 Å². The molecule has 0 fully saturated rings. The molecule has 4 nitrogen and oxygen atoms in total. The van der Waals surface area contributed by atoms with E-state index in [1.807, 2.05) is 19.9 Å². The highest BCUT2D eigenvalue weighted by Gasteiger charge is 2.21. The van der Waals surface area contributed by atoms with Gasteiger partial charge in [-0.1, -0.05) is 6.07 Å². The molecule has 1 aromatic carbocycles. The molecule has 1 aromatic rings. The number of alkyl halides is 1. The molecule has 0 aliphatic rings. The van der Waals surface area contributed by atoms with Gasteiger partial charge in [0.05, 0.1) is 12.0 Å². The summed E-state index contributed by atoms with van der Waals surface area (Å²) in [5, 5.41) is 29.2. The van der Waals surface area contributed by atoms with E-state index in [-0.39, 0.29) is 11.6 Å². The number of aromatic hydroxyl groups is 1. The number of aliphatic hydroxyl groups is 2. The van der Waals surface area contributed by atoms with E-state index in [0.29, 0.717) is 5.56 Å². The summed E-state index contributed by atoms with van der Waals surface area (Å²) in [6, 6.07) is 5.02. The first-order valence-corrected chi connectivity index (χ1v) is 6.58. The Balaban J connectivity index is 2.99. The van der Waals surface area contributed by atoms with Gasteiger partial charge in [-0.05, 0) is 19.9 Å². The van der Waals surface area contributed by atoms with E-state index < -0.39 is 12.2 Å². The van der Waals surface area contributed by atoms with Gasteiger partial charge in [0.25, 0.3) is 0 Å². The van der Waals surface area contributed by atoms with E-state index in [4.69, 9.17) is 11.6 Å². The lowest BCUT2D eigenvalue weighted by Crippen LogP contribution is -2.22. The monoisotopic (exact) mass is 273 g/mol. The van der Waals surface area contributed by atoms with Crippen LogP contribution in [0.25, 0.3) is 0 Å². The molecule has 5 heteroatoms. The predicted molar refractivity (Wildman–Crippen MR) is 73.4 cm³/mol. The SMILES string of the molecule is CCN(CC)c1ccc(C(O)C(O)CCl)c(O)c1. The average molecular weight is 274 g/mol. The maximum Gasteiger partial charge on any atom is 0.123 e. The number of halogens is 1. The molecule has 0 bridgehead atoms. The van der Waals surface area contributed by atoms with Crippen LogP contribution in [0, 0.1) is 0 Å². The highest BCUT2D eigenvalue weighted by Crippen LogP contribution is 2.30. The zero-order chi connectivity index (χ0) is 13.7. The summed E-state index contributed by atoms with van der Waals surface area (Å²) in [7, 11) is 0. The number of nitrogens with zero attached hydrogens (tertiary/aromatic N) is 1. The summed E-state index contributed by atoms with van der Waals surface area (Å²) in [6.45, 7) is 5.73. The molecule has 1 rings (SSSR count). The van der Waals surface area contributed by atoms with Gasteiger partial charge in [-0.2, -0.15) is 0 Å². The molecule has 0 saturated heterocycles. The van der Waals surface area contributed by atoms with Crippen LogP contribution in [0.15, 0.2) is 18.2 Å². The second-order valence-corrected chi connectivity index (χ2v) is 4.39. The smallest absolute Gasteiger partial charge is 0.123 e. The molecule has 0 radical (unpaired) electrons. The van der Waals surface area contributed by atoms with Gasteiger partial charge in [0.2, 0.25) is 0 Å². The topological polar surface area (TPSA) is 63.9 Å². The van der Waals surface area contributed by atoms with E-state index in [1.54, 1.807) is 12.1 Å². The Bertz CT molecular complexity index is 382. The molecular formula is C13H20ClNO3. The van der Waals surface area contributed by atoms with Crippen LogP contribution in [0.2, 0.25) is 0 Å². The number of aliphatic hydroxyl groups excluding tert-OH is 2. The molecule has 102 valence electrons. The van der Waals surface area contributed by atoms with Gasteiger partial charge in [0, 0.05) is 30.4 Å². The van der Waals surface area contributed by atoms with Crippen molar-refractivity contribution < 1.29 is 15.3 Å². The van der Waals surface area contributed by atoms with E-state index in [9.17, 15) is 15.3 Å². The van der Waals surface area contributed by atoms with E-state index in [1.165, 1.54) is 0 Å². The summed E-state index contributed by atoms with van der Waals surface area (Å²) in [5.74, 6) is -0.116. The summed E-state index contributed by atoms with van der Waals surface area (Å²) >= 11 is 5.48. The van der Waals surface area contributed by atoms with E-state index >= 15 is 0 Å². The lowest BCUT2D eigenvalue weighted by molar-refractivity contribution is 0.0312. The maximum absolute atomic E-state index is 9.91. The number of phenols is 1. The van der Waals surface area contributed by atoms with Crippen LogP contribution in [0.5, 0.6) is 5.75 Å². The fraction of sp³-hybridized carbons (Fsp3) is 0.538. The van der Waals surface area contributed by atoms with Gasteiger partial charge >= 0.3 is 0 Å². The molecule has 3 N–H and O–H groups in total. The minimum atomic E-state index is -1.17. The Labute approximate surface area is 112 Å². The van der Waals surface area contributed by atoms with Crippen LogP contribution in [0.1, 0.15) is 25.5 Å². The van der Waals surface area contributed by atoms with Crippen molar-refractivity contribution in [1.82, 2.24) is 0 Å². The quantitative estimate of drug-likeness (QED) is 0.693. The van der Waals surface area contributed by atoms with Crippen LogP contribution in [-0.2, 0) is 0 Å². The van der Waals surface area contributed by atoms with Crippen LogP contribution >= 0.6 is 11.6 Å². The minimum Gasteiger partial charge on any atom is -0.507 e. The molecule has 18 heavy (non-hydrogen) atoms. The predicted octanol–water partition coefficient (Wildman–Crippen LogP) is 1.87. The molecule has 0 heterocycles. The van der Waals surface area contributed by atoms with Gasteiger partial charge < -0.3 is 20.2 Å². The zero-order valence-electron chi connectivity index (χ0n) is 10.7. The van der Waals surface area contributed by atoms with E-state index in [2.05, 4.69) is 4.90 Å². The Morgan fingerprint density at radius 3 is 2.28 bits per heavy atom. The second kappa shape index (κ2) is 6.83. The fourth-order valence-corrected chi connectivity index (χ4v) is 2.03. The maximum atomic E-state index is 9.91. The highest BCUT2D eigenvalue weighted by atomic mass is 35.5. The minimum absolute atomic E-state index is 0.0314. The second-order valence-electron chi connectivity index (χ2n) is 4.08. The van der Waals surface area contributed by atoms with Crippen LogP contribution < -0.4 is 4.90 Å². The number of hydrogen-bond donors (Lipinski definition) is 3. The summed E-state index contributed by atoms with van der Waals surface area (Å²) in [6.07, 6.45) is -2.26. The van der Waals surface area contributed by atoms with Crippen molar-refractivity contribution in [3.63, 3.8) is 0 Å². The lowest BCUT2D eigenvalue weighted by Gasteiger charge is -2.23. The third-order valence-electron chi connectivity index (χ3n) is 2.98. The molecule has 0 saturated carbocycles. The van der Waals surface area contributed by atoms with Crippen molar-refractivity contribution in [3.05, 3.63) is 23.8 Å². The largest absolute Gasteiger partial charge is 0.507 e. The van der Waals surface area contributed by atoms with Crippen LogP contribution in [-0.4, -0.2) is 40.4 Å². The fourth-order valence-electron chi connectivity index (χ4n) is 1.86. The Kier molecular flexibility index (Phi) is 5.72. The summed E-state index contributed by atoms with van der Waals surface area (Å²) in [4.78, 5) is 2.08. The third-order valence-corrected chi connectivity index (χ3v) is 3.30. The number of hydrogen-bond acceptors (Lipinski definition) is 4. The normalized spacial score (nSPS) is 14.3. The van der Waals surface area contributed by atoms with Gasteiger partial charge in [0.1, 0.15) is 11.9 Å². The number of phenolic OH excluding ortho intramolecular Hbond substituents is 1. The van der Waals surface area contributed by atoms with Gasteiger partial charge in [0.15, 0.2) is 0 Å². The average Bonchev–Trinajstić information content (AvgIpc) is 2.38. The Morgan fingerprint density at radius 1 is 1.22 bits per heavy atom. The van der Waals surface area contributed by atoms with Crippen molar-refractivity contribution in [2.75, 3.05) is 23.9 Å². The Hall–Kier alpha value is -0.970. The third kappa shape index (κ3) is 3.28. The van der Waals surface area contributed by atoms with Gasteiger partial charge in [-0.25, -0.2) is 0 Å². The van der Waals surface area contributed by atoms with Crippen molar-refractivity contribution in [2.24, 2.45) is 0 Å².